The minimum absolute atomic E-state index is 0.0177. The zero-order chi connectivity index (χ0) is 15.2. The summed E-state index contributed by atoms with van der Waals surface area (Å²) < 4.78 is 5.29. The number of anilines is 1. The van der Waals surface area contributed by atoms with Gasteiger partial charge in [-0.25, -0.2) is 4.79 Å². The van der Waals surface area contributed by atoms with E-state index in [0.717, 1.165) is 12.8 Å². The fourth-order valence-electron chi connectivity index (χ4n) is 2.33. The molecular weight excluding hydrogens is 272 g/mol. The number of benzene rings is 1. The highest BCUT2D eigenvalue weighted by Gasteiger charge is 2.22. The van der Waals surface area contributed by atoms with Crippen molar-refractivity contribution < 1.29 is 19.4 Å². The molecule has 2 N–H and O–H groups in total. The molecule has 1 heterocycles. The Morgan fingerprint density at radius 1 is 1.29 bits per heavy atom. The molecule has 1 aliphatic heterocycles. The summed E-state index contributed by atoms with van der Waals surface area (Å²) in [6, 6.07) is 6.89. The van der Waals surface area contributed by atoms with Crippen LogP contribution >= 0.6 is 0 Å². The van der Waals surface area contributed by atoms with E-state index in [0.29, 0.717) is 24.5 Å². The number of hydrogen-bond acceptors (Lipinski definition) is 3. The molecule has 0 spiro atoms. The van der Waals surface area contributed by atoms with Gasteiger partial charge >= 0.3 is 12.0 Å². The number of carbonyl (C=O) groups is 2. The molecule has 0 aliphatic carbocycles. The number of urea groups is 1. The second kappa shape index (κ2) is 7.08. The molecule has 0 atom stereocenters. The summed E-state index contributed by atoms with van der Waals surface area (Å²) in [5.41, 5.74) is 1.37. The summed E-state index contributed by atoms with van der Waals surface area (Å²) in [5, 5.41) is 11.5. The van der Waals surface area contributed by atoms with Crippen LogP contribution in [-0.2, 0) is 16.0 Å². The third-order valence-corrected chi connectivity index (χ3v) is 3.62. The fourth-order valence-corrected chi connectivity index (χ4v) is 2.33. The summed E-state index contributed by atoms with van der Waals surface area (Å²) in [4.78, 5) is 24.5. The zero-order valence-corrected chi connectivity index (χ0v) is 12.0. The molecule has 1 saturated heterocycles. The van der Waals surface area contributed by atoms with Gasteiger partial charge in [0.15, 0.2) is 0 Å². The number of amides is 2. The number of ether oxygens (including phenoxy) is 1. The summed E-state index contributed by atoms with van der Waals surface area (Å²) in [7, 11) is 1.78. The Bertz CT molecular complexity index is 495. The average Bonchev–Trinajstić information content (AvgIpc) is 2.49. The van der Waals surface area contributed by atoms with Crippen molar-refractivity contribution >= 4 is 17.7 Å². The van der Waals surface area contributed by atoms with E-state index >= 15 is 0 Å². The van der Waals surface area contributed by atoms with Crippen molar-refractivity contribution in [1.29, 1.82) is 0 Å². The quantitative estimate of drug-likeness (QED) is 0.889. The Kier molecular flexibility index (Phi) is 5.16. The van der Waals surface area contributed by atoms with Gasteiger partial charge in [-0.2, -0.15) is 0 Å². The summed E-state index contributed by atoms with van der Waals surface area (Å²) in [6.07, 6.45) is 1.68. The third kappa shape index (κ3) is 4.46. The number of carboxylic acid groups (broad SMARTS) is 1. The predicted molar refractivity (Wildman–Crippen MR) is 78.4 cm³/mol. The molecule has 2 rings (SSSR count). The molecule has 6 nitrogen and oxygen atoms in total. The van der Waals surface area contributed by atoms with Crippen LogP contribution in [0.2, 0.25) is 0 Å². The first kappa shape index (κ1) is 15.3. The lowest BCUT2D eigenvalue weighted by molar-refractivity contribution is -0.136. The monoisotopic (exact) mass is 292 g/mol. The molecule has 0 radical (unpaired) electrons. The first-order valence-corrected chi connectivity index (χ1v) is 6.98. The van der Waals surface area contributed by atoms with Crippen LogP contribution in [0.1, 0.15) is 18.4 Å². The molecular formula is C15H20N2O4. The lowest BCUT2D eigenvalue weighted by atomic mass is 10.1. The Hall–Kier alpha value is -2.08. The van der Waals surface area contributed by atoms with E-state index in [4.69, 9.17) is 9.84 Å². The van der Waals surface area contributed by atoms with Crippen molar-refractivity contribution in [3.05, 3.63) is 29.8 Å². The number of nitrogens with one attached hydrogen (secondary N) is 1. The Morgan fingerprint density at radius 3 is 2.48 bits per heavy atom. The standard InChI is InChI=1S/C15H20N2O4/c1-17(13-6-8-21-9-7-13)15(20)16-12-4-2-11(3-5-12)10-14(18)19/h2-5,13H,6-10H2,1H3,(H,16,20)(H,18,19). The number of carbonyl (C=O) groups excluding carboxylic acids is 1. The van der Waals surface area contributed by atoms with E-state index in [2.05, 4.69) is 5.32 Å². The molecule has 2 amide bonds. The number of nitrogens with zero attached hydrogens (tertiary/aromatic N) is 1. The van der Waals surface area contributed by atoms with Gasteiger partial charge in [0.2, 0.25) is 0 Å². The smallest absolute Gasteiger partial charge is 0.321 e. The van der Waals surface area contributed by atoms with E-state index in [1.807, 2.05) is 0 Å². The van der Waals surface area contributed by atoms with Gasteiger partial charge < -0.3 is 20.1 Å². The Morgan fingerprint density at radius 2 is 1.90 bits per heavy atom. The van der Waals surface area contributed by atoms with Crippen LogP contribution in [0.15, 0.2) is 24.3 Å². The normalized spacial score (nSPS) is 15.5. The van der Waals surface area contributed by atoms with Gasteiger partial charge in [-0.1, -0.05) is 12.1 Å². The summed E-state index contributed by atoms with van der Waals surface area (Å²) in [5.74, 6) is -0.869. The lowest BCUT2D eigenvalue weighted by Crippen LogP contribution is -2.42. The second-order valence-electron chi connectivity index (χ2n) is 5.15. The zero-order valence-electron chi connectivity index (χ0n) is 12.0. The maximum Gasteiger partial charge on any atom is 0.321 e. The average molecular weight is 292 g/mol. The molecule has 21 heavy (non-hydrogen) atoms. The maximum atomic E-state index is 12.2. The first-order chi connectivity index (χ1) is 10.1. The van der Waals surface area contributed by atoms with Crippen molar-refractivity contribution in [3.8, 4) is 0 Å². The Balaban J connectivity index is 1.90. The van der Waals surface area contributed by atoms with Crippen LogP contribution in [0, 0.1) is 0 Å². The van der Waals surface area contributed by atoms with Gasteiger partial charge in [0.05, 0.1) is 6.42 Å². The molecule has 1 fully saturated rings. The highest BCUT2D eigenvalue weighted by atomic mass is 16.5. The number of carboxylic acids is 1. The molecule has 0 aromatic heterocycles. The molecule has 0 bridgehead atoms. The minimum Gasteiger partial charge on any atom is -0.481 e. The van der Waals surface area contributed by atoms with Crippen molar-refractivity contribution in [3.63, 3.8) is 0 Å². The minimum atomic E-state index is -0.869. The van der Waals surface area contributed by atoms with Crippen LogP contribution in [0.4, 0.5) is 10.5 Å². The first-order valence-electron chi connectivity index (χ1n) is 6.98. The van der Waals surface area contributed by atoms with Crippen LogP contribution in [0.5, 0.6) is 0 Å². The highest BCUT2D eigenvalue weighted by Crippen LogP contribution is 2.15. The molecule has 1 aliphatic rings. The van der Waals surface area contributed by atoms with Crippen LogP contribution < -0.4 is 5.32 Å². The van der Waals surface area contributed by atoms with Crippen molar-refractivity contribution in [2.24, 2.45) is 0 Å². The van der Waals surface area contributed by atoms with Gasteiger partial charge in [-0.3, -0.25) is 4.79 Å². The van der Waals surface area contributed by atoms with Crippen LogP contribution in [-0.4, -0.2) is 48.3 Å². The maximum absolute atomic E-state index is 12.2. The number of aliphatic carboxylic acids is 1. The van der Waals surface area contributed by atoms with E-state index in [9.17, 15) is 9.59 Å². The molecule has 6 heteroatoms. The number of hydrogen-bond donors (Lipinski definition) is 2. The SMILES string of the molecule is CN(C(=O)Nc1ccc(CC(=O)O)cc1)C1CCOCC1. The van der Waals surface area contributed by atoms with E-state index < -0.39 is 5.97 Å². The largest absolute Gasteiger partial charge is 0.481 e. The van der Waals surface area contributed by atoms with Crippen LogP contribution in [0.3, 0.4) is 0 Å². The highest BCUT2D eigenvalue weighted by molar-refractivity contribution is 5.89. The van der Waals surface area contributed by atoms with E-state index in [1.165, 1.54) is 0 Å². The summed E-state index contributed by atoms with van der Waals surface area (Å²) in [6.45, 7) is 1.37. The second-order valence-corrected chi connectivity index (χ2v) is 5.15. The van der Waals surface area contributed by atoms with Gasteiger partial charge in [0.25, 0.3) is 0 Å². The Labute approximate surface area is 123 Å². The fraction of sp³-hybridized carbons (Fsp3) is 0.467. The molecule has 1 aromatic rings. The molecule has 0 saturated carbocycles. The van der Waals surface area contributed by atoms with Crippen molar-refractivity contribution in [2.75, 3.05) is 25.6 Å². The molecule has 1 aromatic carbocycles. The van der Waals surface area contributed by atoms with Gasteiger partial charge in [-0.05, 0) is 30.5 Å². The van der Waals surface area contributed by atoms with E-state index in [-0.39, 0.29) is 18.5 Å². The summed E-state index contributed by atoms with van der Waals surface area (Å²) >= 11 is 0. The number of rotatable bonds is 4. The van der Waals surface area contributed by atoms with Crippen LogP contribution in [0.25, 0.3) is 0 Å². The topological polar surface area (TPSA) is 78.9 Å². The van der Waals surface area contributed by atoms with Gasteiger partial charge in [-0.15, -0.1) is 0 Å². The molecule has 0 unspecified atom stereocenters. The van der Waals surface area contributed by atoms with Gasteiger partial charge in [0, 0.05) is 32.0 Å². The van der Waals surface area contributed by atoms with Gasteiger partial charge in [0.1, 0.15) is 0 Å². The third-order valence-electron chi connectivity index (χ3n) is 3.62. The molecule has 114 valence electrons. The van der Waals surface area contributed by atoms with Crippen molar-refractivity contribution in [2.45, 2.75) is 25.3 Å². The lowest BCUT2D eigenvalue weighted by Gasteiger charge is -2.31. The van der Waals surface area contributed by atoms with Crippen molar-refractivity contribution in [1.82, 2.24) is 4.90 Å². The van der Waals surface area contributed by atoms with E-state index in [1.54, 1.807) is 36.2 Å². The predicted octanol–water partition coefficient (Wildman–Crippen LogP) is 1.96.